The number of likely N-dealkylation sites (N-methyl/N-ethyl adjacent to an activating group) is 1. The first-order valence-corrected chi connectivity index (χ1v) is 5.94. The third kappa shape index (κ3) is 3.07. The largest absolute Gasteiger partial charge is 0.308 e. The Morgan fingerprint density at radius 2 is 2.17 bits per heavy atom. The van der Waals surface area contributed by atoms with E-state index >= 15 is 0 Å². The van der Waals surface area contributed by atoms with Gasteiger partial charge in [-0.15, -0.1) is 10.2 Å². The summed E-state index contributed by atoms with van der Waals surface area (Å²) in [6.45, 7) is 4.82. The van der Waals surface area contributed by atoms with Gasteiger partial charge in [-0.25, -0.2) is 0 Å². The molecule has 7 heteroatoms. The smallest absolute Gasteiger partial charge is 0.176 e. The maximum atomic E-state index is 4.39. The van der Waals surface area contributed by atoms with E-state index in [0.717, 1.165) is 17.9 Å². The molecule has 1 unspecified atom stereocenters. The van der Waals surface area contributed by atoms with Gasteiger partial charge in [0, 0.05) is 12.6 Å². The van der Waals surface area contributed by atoms with Crippen LogP contribution < -0.4 is 5.32 Å². The second kappa shape index (κ2) is 5.63. The third-order valence-corrected chi connectivity index (χ3v) is 2.54. The van der Waals surface area contributed by atoms with E-state index in [1.165, 1.54) is 4.80 Å². The van der Waals surface area contributed by atoms with Crippen LogP contribution in [-0.2, 0) is 13.5 Å². The maximum absolute atomic E-state index is 4.39. The summed E-state index contributed by atoms with van der Waals surface area (Å²) in [5, 5.41) is 15.4. The first kappa shape index (κ1) is 12.6. The van der Waals surface area contributed by atoms with E-state index in [4.69, 9.17) is 0 Å². The zero-order chi connectivity index (χ0) is 13.0. The van der Waals surface area contributed by atoms with Crippen LogP contribution in [-0.4, -0.2) is 36.7 Å². The molecule has 7 nitrogen and oxygen atoms in total. The highest BCUT2D eigenvalue weighted by molar-refractivity contribution is 5.07. The van der Waals surface area contributed by atoms with Crippen molar-refractivity contribution in [1.82, 2.24) is 35.5 Å². The Morgan fingerprint density at radius 1 is 1.33 bits per heavy atom. The second-order valence-electron chi connectivity index (χ2n) is 4.09. The number of aromatic nitrogens is 6. The molecule has 2 heterocycles. The van der Waals surface area contributed by atoms with E-state index in [-0.39, 0.29) is 6.04 Å². The Morgan fingerprint density at radius 3 is 2.72 bits per heavy atom. The molecule has 0 saturated carbocycles. The highest BCUT2D eigenvalue weighted by atomic mass is 15.6. The molecule has 18 heavy (non-hydrogen) atoms. The zero-order valence-corrected chi connectivity index (χ0v) is 10.8. The Balaban J connectivity index is 2.14. The molecular formula is C11H17N7. The van der Waals surface area contributed by atoms with Crippen LogP contribution in [0.25, 0.3) is 0 Å². The predicted molar refractivity (Wildman–Crippen MR) is 65.7 cm³/mol. The summed E-state index contributed by atoms with van der Waals surface area (Å²) in [6.07, 6.45) is 4.21. The summed E-state index contributed by atoms with van der Waals surface area (Å²) >= 11 is 0. The molecule has 0 spiro atoms. The molecule has 0 radical (unpaired) electrons. The van der Waals surface area contributed by atoms with E-state index < -0.39 is 0 Å². The third-order valence-electron chi connectivity index (χ3n) is 2.54. The number of aryl methyl sites for hydroxylation is 2. The molecule has 0 aromatic carbocycles. The van der Waals surface area contributed by atoms with E-state index in [0.29, 0.717) is 12.2 Å². The minimum atomic E-state index is 0.0623. The zero-order valence-electron chi connectivity index (χ0n) is 10.8. The molecule has 0 aliphatic rings. The van der Waals surface area contributed by atoms with Gasteiger partial charge in [0.1, 0.15) is 0 Å². The summed E-state index contributed by atoms with van der Waals surface area (Å²) in [5.41, 5.74) is 1.81. The van der Waals surface area contributed by atoms with Gasteiger partial charge in [-0.1, -0.05) is 6.92 Å². The summed E-state index contributed by atoms with van der Waals surface area (Å²) in [4.78, 5) is 10.1. The average molecular weight is 247 g/mol. The molecule has 2 rings (SSSR count). The highest BCUT2D eigenvalue weighted by Crippen LogP contribution is 2.13. The van der Waals surface area contributed by atoms with E-state index in [1.807, 2.05) is 6.92 Å². The van der Waals surface area contributed by atoms with E-state index in [1.54, 1.807) is 19.4 Å². The van der Waals surface area contributed by atoms with Gasteiger partial charge in [0.15, 0.2) is 5.82 Å². The molecule has 2 aromatic rings. The SMILES string of the molecule is CCNC(Cc1nnn(C)n1)c1cnc(C)cn1. The number of hydrogen-bond donors (Lipinski definition) is 1. The minimum absolute atomic E-state index is 0.0623. The van der Waals surface area contributed by atoms with Crippen LogP contribution >= 0.6 is 0 Å². The summed E-state index contributed by atoms with van der Waals surface area (Å²) in [6, 6.07) is 0.0623. The molecule has 0 fully saturated rings. The summed E-state index contributed by atoms with van der Waals surface area (Å²) < 4.78 is 0. The van der Waals surface area contributed by atoms with Gasteiger partial charge in [0.2, 0.25) is 0 Å². The van der Waals surface area contributed by atoms with Crippen LogP contribution in [0.3, 0.4) is 0 Å². The Bertz CT molecular complexity index is 490. The quantitative estimate of drug-likeness (QED) is 0.813. The Labute approximate surface area is 106 Å². The maximum Gasteiger partial charge on any atom is 0.176 e. The highest BCUT2D eigenvalue weighted by Gasteiger charge is 2.15. The fraction of sp³-hybridized carbons (Fsp3) is 0.545. The fourth-order valence-electron chi connectivity index (χ4n) is 1.70. The number of tetrazole rings is 1. The Hall–Kier alpha value is -1.89. The van der Waals surface area contributed by atoms with Crippen LogP contribution in [0.2, 0.25) is 0 Å². The second-order valence-corrected chi connectivity index (χ2v) is 4.09. The van der Waals surface area contributed by atoms with Crippen LogP contribution in [0.15, 0.2) is 12.4 Å². The lowest BCUT2D eigenvalue weighted by atomic mass is 10.1. The van der Waals surface area contributed by atoms with Crippen molar-refractivity contribution in [2.45, 2.75) is 26.3 Å². The Kier molecular flexibility index (Phi) is 3.93. The molecular weight excluding hydrogens is 230 g/mol. The van der Waals surface area contributed by atoms with Gasteiger partial charge in [0.25, 0.3) is 0 Å². The molecule has 0 aliphatic heterocycles. The average Bonchev–Trinajstić information content (AvgIpc) is 2.75. The number of hydrogen-bond acceptors (Lipinski definition) is 6. The molecule has 1 atom stereocenters. The predicted octanol–water partition coefficient (Wildman–Crippen LogP) is 0.202. The summed E-state index contributed by atoms with van der Waals surface area (Å²) in [7, 11) is 1.75. The molecule has 0 aliphatic carbocycles. The van der Waals surface area contributed by atoms with Crippen LogP contribution in [0.5, 0.6) is 0 Å². The van der Waals surface area contributed by atoms with Gasteiger partial charge in [-0.05, 0) is 18.7 Å². The molecule has 1 N–H and O–H groups in total. The number of rotatable bonds is 5. The van der Waals surface area contributed by atoms with Crippen LogP contribution in [0.1, 0.15) is 30.2 Å². The van der Waals surface area contributed by atoms with Crippen molar-refractivity contribution >= 4 is 0 Å². The van der Waals surface area contributed by atoms with Crippen molar-refractivity contribution in [2.75, 3.05) is 6.54 Å². The van der Waals surface area contributed by atoms with Gasteiger partial charge in [0.05, 0.1) is 30.7 Å². The van der Waals surface area contributed by atoms with Crippen molar-refractivity contribution in [3.8, 4) is 0 Å². The molecule has 0 amide bonds. The lowest BCUT2D eigenvalue weighted by Crippen LogP contribution is -2.24. The van der Waals surface area contributed by atoms with Crippen molar-refractivity contribution in [3.63, 3.8) is 0 Å². The lowest BCUT2D eigenvalue weighted by Gasteiger charge is -2.15. The number of nitrogens with one attached hydrogen (secondary N) is 1. The molecule has 0 saturated heterocycles. The first-order chi connectivity index (χ1) is 8.69. The van der Waals surface area contributed by atoms with Crippen LogP contribution in [0, 0.1) is 6.92 Å². The van der Waals surface area contributed by atoms with E-state index in [9.17, 15) is 0 Å². The normalized spacial score (nSPS) is 12.6. The topological polar surface area (TPSA) is 81.4 Å². The van der Waals surface area contributed by atoms with Crippen molar-refractivity contribution < 1.29 is 0 Å². The van der Waals surface area contributed by atoms with Crippen LogP contribution in [0.4, 0.5) is 0 Å². The van der Waals surface area contributed by atoms with Gasteiger partial charge < -0.3 is 5.32 Å². The van der Waals surface area contributed by atoms with Crippen molar-refractivity contribution in [2.24, 2.45) is 7.05 Å². The van der Waals surface area contributed by atoms with E-state index in [2.05, 4.69) is 37.6 Å². The number of nitrogens with zero attached hydrogens (tertiary/aromatic N) is 6. The standard InChI is InChI=1S/C11H17N7/c1-4-12-9(5-11-15-17-18(3)16-11)10-7-13-8(2)6-14-10/h6-7,9,12H,4-5H2,1-3H3. The molecule has 2 aromatic heterocycles. The fourth-order valence-corrected chi connectivity index (χ4v) is 1.70. The van der Waals surface area contributed by atoms with Gasteiger partial charge >= 0.3 is 0 Å². The van der Waals surface area contributed by atoms with Gasteiger partial charge in [-0.2, -0.15) is 4.80 Å². The minimum Gasteiger partial charge on any atom is -0.308 e. The van der Waals surface area contributed by atoms with Gasteiger partial charge in [-0.3, -0.25) is 9.97 Å². The molecule has 96 valence electrons. The van der Waals surface area contributed by atoms with Crippen molar-refractivity contribution in [1.29, 1.82) is 0 Å². The van der Waals surface area contributed by atoms with Crippen molar-refractivity contribution in [3.05, 3.63) is 29.6 Å². The summed E-state index contributed by atoms with van der Waals surface area (Å²) in [5.74, 6) is 0.700. The monoisotopic (exact) mass is 247 g/mol. The first-order valence-electron chi connectivity index (χ1n) is 5.94. The molecule has 0 bridgehead atoms. The lowest BCUT2D eigenvalue weighted by molar-refractivity contribution is 0.520.